The molecule has 0 unspecified atom stereocenters. The summed E-state index contributed by atoms with van der Waals surface area (Å²) in [5.41, 5.74) is 4.07. The summed E-state index contributed by atoms with van der Waals surface area (Å²) < 4.78 is 22.7. The van der Waals surface area contributed by atoms with Crippen LogP contribution in [0, 0.1) is 10.1 Å². The quantitative estimate of drug-likeness (QED) is 0.170. The number of ether oxygens (including phenoxy) is 1. The van der Waals surface area contributed by atoms with Gasteiger partial charge in [-0.25, -0.2) is 19.5 Å². The maximum atomic E-state index is 11.1. The van der Waals surface area contributed by atoms with Crippen molar-refractivity contribution in [1.82, 2.24) is 19.5 Å². The van der Waals surface area contributed by atoms with Crippen molar-refractivity contribution in [2.45, 2.75) is 24.0 Å². The fourth-order valence-corrected chi connectivity index (χ4v) is 3.94. The van der Waals surface area contributed by atoms with E-state index in [9.17, 15) is 24.9 Å². The number of imidazole rings is 1. The highest BCUT2D eigenvalue weighted by Crippen LogP contribution is 2.45. The monoisotopic (exact) mass is 468 g/mol. The Labute approximate surface area is 178 Å². The maximum Gasteiger partial charge on any atom is 0.469 e. The number of nitrogens with zero attached hydrogens (tertiary/aromatic N) is 5. The standard InChI is InChI=1S/C16H17N6O9P/c17-14-11-15(19-6-18-14)21(7-20-11)16(8-1-3-9(4-2-8)22(25)26)13(24)12(23)10(31-16)5-30-32(27,28)29/h1-4,6-7,10,12-13,23-24H,5H2,(H2,17,18,19)(H2,27,28,29)/t10-,12-,13-,16-/m1/s1. The summed E-state index contributed by atoms with van der Waals surface area (Å²) in [6, 6.07) is 4.94. The number of nitro benzene ring substituents is 1. The van der Waals surface area contributed by atoms with Gasteiger partial charge >= 0.3 is 7.82 Å². The first-order chi connectivity index (χ1) is 15.0. The minimum absolute atomic E-state index is 0.0296. The molecule has 0 saturated carbocycles. The average molecular weight is 468 g/mol. The molecule has 15 nitrogen and oxygen atoms in total. The van der Waals surface area contributed by atoms with Crippen molar-refractivity contribution in [2.24, 2.45) is 0 Å². The van der Waals surface area contributed by atoms with Gasteiger partial charge in [-0.2, -0.15) is 0 Å². The highest BCUT2D eigenvalue weighted by atomic mass is 31.2. The summed E-state index contributed by atoms with van der Waals surface area (Å²) in [7, 11) is -4.91. The normalized spacial score (nSPS) is 25.9. The van der Waals surface area contributed by atoms with Crippen LogP contribution < -0.4 is 5.73 Å². The number of hydrogen-bond donors (Lipinski definition) is 5. The number of hydrogen-bond acceptors (Lipinski definition) is 11. The Bertz CT molecular complexity index is 1210. The molecule has 1 aliphatic rings. The fraction of sp³-hybridized carbons (Fsp3) is 0.312. The second kappa shape index (κ2) is 7.83. The first kappa shape index (κ1) is 22.2. The molecule has 0 bridgehead atoms. The molecule has 0 aliphatic carbocycles. The average Bonchev–Trinajstić information content (AvgIpc) is 3.28. The van der Waals surface area contributed by atoms with Crippen LogP contribution in [0.1, 0.15) is 5.56 Å². The molecule has 1 aliphatic heterocycles. The van der Waals surface area contributed by atoms with Crippen LogP contribution in [-0.2, 0) is 19.6 Å². The SMILES string of the molecule is Nc1ncnc2c1ncn2[C@]1(c2ccc([N+](=O)[O-])cc2)O[C@H](COP(=O)(O)O)[C@@H](O)[C@H]1O. The van der Waals surface area contributed by atoms with Crippen molar-refractivity contribution in [3.05, 3.63) is 52.6 Å². The van der Waals surface area contributed by atoms with Gasteiger partial charge in [-0.15, -0.1) is 0 Å². The number of benzene rings is 1. The second-order valence-corrected chi connectivity index (χ2v) is 8.16. The summed E-state index contributed by atoms with van der Waals surface area (Å²) >= 11 is 0. The van der Waals surface area contributed by atoms with Crippen molar-refractivity contribution in [3.8, 4) is 0 Å². The maximum absolute atomic E-state index is 11.1. The van der Waals surface area contributed by atoms with Crippen LogP contribution in [0.3, 0.4) is 0 Å². The molecule has 1 aromatic carbocycles. The number of aliphatic hydroxyl groups is 2. The molecule has 32 heavy (non-hydrogen) atoms. The van der Waals surface area contributed by atoms with E-state index in [0.29, 0.717) is 0 Å². The van der Waals surface area contributed by atoms with Gasteiger partial charge in [0.1, 0.15) is 30.2 Å². The smallest absolute Gasteiger partial charge is 0.387 e. The second-order valence-electron chi connectivity index (χ2n) is 6.92. The van der Waals surface area contributed by atoms with Gasteiger partial charge in [0, 0.05) is 17.7 Å². The number of phosphoric acid groups is 1. The zero-order chi connectivity index (χ0) is 23.3. The number of aliphatic hydroxyl groups excluding tert-OH is 2. The molecule has 170 valence electrons. The van der Waals surface area contributed by atoms with Crippen molar-refractivity contribution in [3.63, 3.8) is 0 Å². The van der Waals surface area contributed by atoms with Crippen molar-refractivity contribution >= 4 is 30.5 Å². The predicted molar refractivity (Wildman–Crippen MR) is 105 cm³/mol. The largest absolute Gasteiger partial charge is 0.469 e. The van der Waals surface area contributed by atoms with Gasteiger partial charge < -0.3 is 30.5 Å². The third-order valence-electron chi connectivity index (χ3n) is 5.05. The van der Waals surface area contributed by atoms with E-state index in [0.717, 1.165) is 6.33 Å². The number of phosphoric ester groups is 1. The Morgan fingerprint density at radius 1 is 1.25 bits per heavy atom. The van der Waals surface area contributed by atoms with Gasteiger partial charge in [-0.3, -0.25) is 19.2 Å². The van der Waals surface area contributed by atoms with E-state index in [1.54, 1.807) is 0 Å². The summed E-state index contributed by atoms with van der Waals surface area (Å²) in [5.74, 6) is 0.0296. The topological polar surface area (TPSA) is 229 Å². The molecular formula is C16H17N6O9P. The van der Waals surface area contributed by atoms with Crippen molar-refractivity contribution in [1.29, 1.82) is 0 Å². The molecule has 16 heteroatoms. The summed E-state index contributed by atoms with van der Waals surface area (Å²) in [5, 5.41) is 32.7. The molecule has 6 N–H and O–H groups in total. The molecule has 0 amide bonds. The van der Waals surface area contributed by atoms with Crippen molar-refractivity contribution in [2.75, 3.05) is 12.3 Å². The lowest BCUT2D eigenvalue weighted by Gasteiger charge is -2.34. The zero-order valence-corrected chi connectivity index (χ0v) is 16.9. The summed E-state index contributed by atoms with van der Waals surface area (Å²) in [6.45, 7) is -0.763. The number of nitrogen functional groups attached to an aromatic ring is 1. The van der Waals surface area contributed by atoms with Gasteiger partial charge in [-0.1, -0.05) is 0 Å². The Hall–Kier alpha value is -3.04. The molecule has 4 atom stereocenters. The summed E-state index contributed by atoms with van der Waals surface area (Å²) in [4.78, 5) is 40.5. The fourth-order valence-electron chi connectivity index (χ4n) is 3.60. The molecular weight excluding hydrogens is 451 g/mol. The highest BCUT2D eigenvalue weighted by molar-refractivity contribution is 7.46. The van der Waals surface area contributed by atoms with Gasteiger partial charge in [0.15, 0.2) is 11.5 Å². The summed E-state index contributed by atoms with van der Waals surface area (Å²) in [6.07, 6.45) is -2.44. The van der Waals surface area contributed by atoms with Gasteiger partial charge in [-0.05, 0) is 12.1 Å². The molecule has 3 heterocycles. The number of anilines is 1. The third-order valence-corrected chi connectivity index (χ3v) is 5.54. The van der Waals surface area contributed by atoms with E-state index in [4.69, 9.17) is 20.3 Å². The van der Waals surface area contributed by atoms with Gasteiger partial charge in [0.05, 0.1) is 17.9 Å². The molecule has 0 radical (unpaired) electrons. The van der Waals surface area contributed by atoms with E-state index in [2.05, 4.69) is 19.5 Å². The van der Waals surface area contributed by atoms with Crippen LogP contribution in [-0.4, -0.2) is 69.4 Å². The van der Waals surface area contributed by atoms with Gasteiger partial charge in [0.2, 0.25) is 5.72 Å². The van der Waals surface area contributed by atoms with Crippen molar-refractivity contribution < 1.29 is 38.7 Å². The number of rotatable bonds is 6. The number of nitrogens with two attached hydrogens (primary N) is 1. The van der Waals surface area contributed by atoms with E-state index in [1.165, 1.54) is 35.2 Å². The van der Waals surface area contributed by atoms with Crippen LogP contribution in [0.5, 0.6) is 0 Å². The lowest BCUT2D eigenvalue weighted by Crippen LogP contribution is -2.46. The van der Waals surface area contributed by atoms with E-state index >= 15 is 0 Å². The number of nitro groups is 1. The Morgan fingerprint density at radius 3 is 2.56 bits per heavy atom. The Kier molecular flexibility index (Phi) is 5.42. The van der Waals surface area contributed by atoms with E-state index < -0.39 is 43.4 Å². The zero-order valence-electron chi connectivity index (χ0n) is 16.0. The lowest BCUT2D eigenvalue weighted by atomic mass is 9.94. The Morgan fingerprint density at radius 2 is 1.94 bits per heavy atom. The van der Waals surface area contributed by atoms with Crippen LogP contribution in [0.15, 0.2) is 36.9 Å². The van der Waals surface area contributed by atoms with Crippen LogP contribution in [0.2, 0.25) is 0 Å². The lowest BCUT2D eigenvalue weighted by molar-refractivity contribution is -0.384. The number of non-ortho nitro benzene ring substituents is 1. The first-order valence-electron chi connectivity index (χ1n) is 8.97. The van der Waals surface area contributed by atoms with Gasteiger partial charge in [0.25, 0.3) is 5.69 Å². The highest BCUT2D eigenvalue weighted by Gasteiger charge is 2.57. The van der Waals surface area contributed by atoms with Crippen LogP contribution in [0.4, 0.5) is 11.5 Å². The van der Waals surface area contributed by atoms with Crippen LogP contribution >= 0.6 is 7.82 Å². The van der Waals surface area contributed by atoms with E-state index in [1.807, 2.05) is 0 Å². The minimum atomic E-state index is -4.91. The molecule has 2 aromatic heterocycles. The minimum Gasteiger partial charge on any atom is -0.387 e. The molecule has 4 rings (SSSR count). The molecule has 1 fully saturated rings. The number of fused-ring (bicyclic) bond motifs is 1. The molecule has 3 aromatic rings. The molecule has 1 saturated heterocycles. The predicted octanol–water partition coefficient (Wildman–Crippen LogP) is -0.752. The molecule has 0 spiro atoms. The van der Waals surface area contributed by atoms with E-state index in [-0.39, 0.29) is 28.2 Å². The Balaban J connectivity index is 1.88. The third kappa shape index (κ3) is 3.61. The van der Waals surface area contributed by atoms with Crippen LogP contribution in [0.25, 0.3) is 11.2 Å². The first-order valence-corrected chi connectivity index (χ1v) is 10.5. The number of aromatic nitrogens is 4.